The molecule has 0 spiro atoms. The summed E-state index contributed by atoms with van der Waals surface area (Å²) in [5.74, 6) is 1.82. The third-order valence-electron chi connectivity index (χ3n) is 4.37. The van der Waals surface area contributed by atoms with Crippen molar-refractivity contribution in [2.24, 2.45) is 0 Å². The highest BCUT2D eigenvalue weighted by Crippen LogP contribution is 2.28. The van der Waals surface area contributed by atoms with Crippen LogP contribution in [-0.2, 0) is 4.79 Å². The zero-order chi connectivity index (χ0) is 21.9. The van der Waals surface area contributed by atoms with Gasteiger partial charge in [-0.2, -0.15) is 0 Å². The Morgan fingerprint density at radius 3 is 2.31 bits per heavy atom. The number of likely N-dealkylation sites (tertiary alicyclic amines) is 1. The molecule has 1 fully saturated rings. The van der Waals surface area contributed by atoms with Crippen molar-refractivity contribution >= 4 is 12.9 Å². The van der Waals surface area contributed by atoms with Gasteiger partial charge in [-0.15, -0.1) is 0 Å². The van der Waals surface area contributed by atoms with Crippen molar-refractivity contribution in [1.29, 1.82) is 0 Å². The zero-order valence-corrected chi connectivity index (χ0v) is 18.5. The van der Waals surface area contributed by atoms with E-state index >= 15 is 0 Å². The number of benzene rings is 1. The second-order valence-corrected chi connectivity index (χ2v) is 6.96. The zero-order valence-electron chi connectivity index (χ0n) is 18.5. The third kappa shape index (κ3) is 13.5. The van der Waals surface area contributed by atoms with Gasteiger partial charge in [-0.1, -0.05) is 37.6 Å². The monoisotopic (exact) mass is 405 g/mol. The van der Waals surface area contributed by atoms with Gasteiger partial charge in [0.15, 0.2) is 11.5 Å². The molecule has 1 heterocycles. The van der Waals surface area contributed by atoms with Crippen LogP contribution < -0.4 is 9.47 Å². The molecule has 1 N–H and O–H groups in total. The first-order valence-electron chi connectivity index (χ1n) is 10.4. The highest BCUT2D eigenvalue weighted by Gasteiger charge is 2.08. The Kier molecular flexibility index (Phi) is 16.4. The summed E-state index contributed by atoms with van der Waals surface area (Å²) in [5.41, 5.74) is 1.14. The highest BCUT2D eigenvalue weighted by molar-refractivity contribution is 5.55. The lowest BCUT2D eigenvalue weighted by Crippen LogP contribution is -2.25. The molecule has 2 rings (SSSR count). The maximum Gasteiger partial charge on any atom is 0.161 e. The van der Waals surface area contributed by atoms with Crippen LogP contribution in [0.3, 0.4) is 0 Å². The molecule has 0 atom stereocenters. The summed E-state index contributed by atoms with van der Waals surface area (Å²) < 4.78 is 11.3. The predicted octanol–water partition coefficient (Wildman–Crippen LogP) is 5.66. The van der Waals surface area contributed by atoms with E-state index in [9.17, 15) is 0 Å². The number of methoxy groups -OCH3 is 1. The number of aliphatic hydroxyl groups is 1. The number of rotatable bonds is 8. The van der Waals surface area contributed by atoms with Crippen LogP contribution in [-0.4, -0.2) is 50.1 Å². The van der Waals surface area contributed by atoms with E-state index in [2.05, 4.69) is 23.6 Å². The number of allylic oxidation sites excluding steroid dienone is 2. The van der Waals surface area contributed by atoms with Crippen LogP contribution in [0.4, 0.5) is 0 Å². The first-order chi connectivity index (χ1) is 14.1. The van der Waals surface area contributed by atoms with Crippen molar-refractivity contribution < 1.29 is 19.4 Å². The maximum atomic E-state index is 8.00. The van der Waals surface area contributed by atoms with Crippen molar-refractivity contribution in [1.82, 2.24) is 4.90 Å². The Morgan fingerprint density at radius 1 is 1.14 bits per heavy atom. The smallest absolute Gasteiger partial charge is 0.161 e. The summed E-state index contributed by atoms with van der Waals surface area (Å²) in [5, 5.41) is 7.86. The molecule has 29 heavy (non-hydrogen) atoms. The number of carbonyl (C=O) groups excluding carboxylic acids is 1. The van der Waals surface area contributed by atoms with E-state index in [1.165, 1.54) is 58.7 Å². The molecular weight excluding hydrogens is 366 g/mol. The molecule has 0 bridgehead atoms. The van der Waals surface area contributed by atoms with Crippen molar-refractivity contribution in [3.8, 4) is 11.5 Å². The average molecular weight is 406 g/mol. The fourth-order valence-electron chi connectivity index (χ4n) is 3.08. The van der Waals surface area contributed by atoms with Gasteiger partial charge in [0.25, 0.3) is 0 Å². The number of hydrogen-bond donors (Lipinski definition) is 1. The first kappa shape index (κ1) is 26.7. The van der Waals surface area contributed by atoms with E-state index in [1.54, 1.807) is 7.11 Å². The van der Waals surface area contributed by atoms with Crippen LogP contribution in [0.5, 0.6) is 11.5 Å². The molecule has 0 aromatic heterocycles. The number of nitrogens with zero attached hydrogens (tertiary/aromatic N) is 1. The molecule has 1 aliphatic heterocycles. The van der Waals surface area contributed by atoms with E-state index in [0.717, 1.165) is 30.1 Å². The molecule has 1 saturated heterocycles. The molecule has 0 saturated carbocycles. The number of aliphatic hydroxyl groups excluding tert-OH is 1. The van der Waals surface area contributed by atoms with Crippen LogP contribution in [0.1, 0.15) is 57.9 Å². The van der Waals surface area contributed by atoms with Crippen LogP contribution in [0, 0.1) is 0 Å². The lowest BCUT2D eigenvalue weighted by Gasteiger charge is -2.19. The summed E-state index contributed by atoms with van der Waals surface area (Å²) in [7, 11) is 1.70. The number of carbonyl (C=O) groups is 1. The summed E-state index contributed by atoms with van der Waals surface area (Å²) in [6.45, 7) is 13.2. The Bertz CT molecular complexity index is 574. The summed E-state index contributed by atoms with van der Waals surface area (Å²) in [6.07, 6.45) is 11.9. The fraction of sp³-hybridized carbons (Fsp3) is 0.542. The minimum absolute atomic E-state index is 0.167. The Hall–Kier alpha value is -2.27. The normalized spacial score (nSPS) is 14.0. The van der Waals surface area contributed by atoms with Gasteiger partial charge in [0, 0.05) is 0 Å². The highest BCUT2D eigenvalue weighted by atomic mass is 16.5. The van der Waals surface area contributed by atoms with Gasteiger partial charge in [0.05, 0.1) is 19.5 Å². The van der Waals surface area contributed by atoms with Crippen LogP contribution in [0.25, 0.3) is 6.08 Å². The Labute approximate surface area is 177 Å². The van der Waals surface area contributed by atoms with Crippen LogP contribution in [0.2, 0.25) is 0 Å². The van der Waals surface area contributed by atoms with E-state index in [-0.39, 0.29) is 5.76 Å². The van der Waals surface area contributed by atoms with Crippen molar-refractivity contribution in [2.45, 2.75) is 52.4 Å². The van der Waals surface area contributed by atoms with Gasteiger partial charge in [0.2, 0.25) is 0 Å². The quantitative estimate of drug-likeness (QED) is 0.447. The lowest BCUT2D eigenvalue weighted by atomic mass is 10.2. The van der Waals surface area contributed by atoms with E-state index in [4.69, 9.17) is 19.4 Å². The number of ether oxygens (including phenoxy) is 2. The third-order valence-corrected chi connectivity index (χ3v) is 4.37. The second kappa shape index (κ2) is 17.8. The molecule has 0 amide bonds. The molecular formula is C24H39NO4. The van der Waals surface area contributed by atoms with Crippen molar-refractivity contribution in [2.75, 3.05) is 33.4 Å². The summed E-state index contributed by atoms with van der Waals surface area (Å²) in [6, 6.07) is 6.09. The second-order valence-electron chi connectivity index (χ2n) is 6.96. The van der Waals surface area contributed by atoms with Crippen LogP contribution >= 0.6 is 0 Å². The largest absolute Gasteiger partial charge is 0.513 e. The molecule has 5 nitrogen and oxygen atoms in total. The van der Waals surface area contributed by atoms with Crippen molar-refractivity contribution in [3.05, 3.63) is 42.2 Å². The molecule has 164 valence electrons. The Balaban J connectivity index is 0.00000116. The molecule has 1 aromatic carbocycles. The number of unbranched alkanes of at least 4 members (excludes halogenated alkanes) is 1. The molecule has 1 aliphatic rings. The molecule has 1 aromatic rings. The topological polar surface area (TPSA) is 59.0 Å². The predicted molar refractivity (Wildman–Crippen MR) is 122 cm³/mol. The van der Waals surface area contributed by atoms with E-state index in [0.29, 0.717) is 0 Å². The fourth-order valence-corrected chi connectivity index (χ4v) is 3.08. The summed E-state index contributed by atoms with van der Waals surface area (Å²) in [4.78, 5) is 10.6. The molecule has 5 heteroatoms. The maximum absolute atomic E-state index is 8.00. The van der Waals surface area contributed by atoms with E-state index < -0.39 is 0 Å². The van der Waals surface area contributed by atoms with Gasteiger partial charge < -0.3 is 24.3 Å². The van der Waals surface area contributed by atoms with Gasteiger partial charge in [-0.25, -0.2) is 0 Å². The van der Waals surface area contributed by atoms with Gasteiger partial charge in [-0.05, 0) is 76.9 Å². The SMILES string of the molecule is C/C=C/c1ccc(OCCCCN2CCCCCC2)c(OC)c1.C=C(C)O.C=O. The van der Waals surface area contributed by atoms with E-state index in [1.807, 2.05) is 31.9 Å². The number of hydrogen-bond acceptors (Lipinski definition) is 5. The standard InChI is InChI=1S/C20H31NO2.C3H6O.CH2O/c1-3-10-18-11-12-19(20(17-18)22-2)23-16-9-8-15-21-13-6-4-5-7-14-21;1-3(2)4;1-2/h3,10-12,17H,4-9,13-16H2,1-2H3;4H,1H2,2H3;1H2/b10-3+;;. The van der Waals surface area contributed by atoms with Gasteiger partial charge >= 0.3 is 0 Å². The molecule has 0 aliphatic carbocycles. The first-order valence-corrected chi connectivity index (χ1v) is 10.4. The minimum atomic E-state index is 0.167. The van der Waals surface area contributed by atoms with Gasteiger partial charge in [-0.3, -0.25) is 0 Å². The molecule has 0 radical (unpaired) electrons. The average Bonchev–Trinajstić information content (AvgIpc) is 2.99. The van der Waals surface area contributed by atoms with Gasteiger partial charge in [0.1, 0.15) is 6.79 Å². The summed E-state index contributed by atoms with van der Waals surface area (Å²) >= 11 is 0. The van der Waals surface area contributed by atoms with Crippen molar-refractivity contribution in [3.63, 3.8) is 0 Å². The Morgan fingerprint density at radius 2 is 1.76 bits per heavy atom. The molecule has 0 unspecified atom stereocenters. The minimum Gasteiger partial charge on any atom is -0.513 e. The lowest BCUT2D eigenvalue weighted by molar-refractivity contribution is -0.0979. The van der Waals surface area contributed by atoms with Crippen LogP contribution in [0.15, 0.2) is 36.6 Å².